The summed E-state index contributed by atoms with van der Waals surface area (Å²) in [6.07, 6.45) is 0.800. The average molecular weight is 561 g/mol. The summed E-state index contributed by atoms with van der Waals surface area (Å²) in [5, 5.41) is 11.4. The Labute approximate surface area is 206 Å². The summed E-state index contributed by atoms with van der Waals surface area (Å²) in [5.41, 5.74) is 2.21. The van der Waals surface area contributed by atoms with E-state index in [0.717, 1.165) is 28.2 Å². The maximum atomic E-state index is 11.9. The summed E-state index contributed by atoms with van der Waals surface area (Å²) < 4.78 is 11.2. The van der Waals surface area contributed by atoms with Crippen molar-refractivity contribution in [3.8, 4) is 5.75 Å². The highest BCUT2D eigenvalue weighted by Gasteiger charge is 2.07. The van der Waals surface area contributed by atoms with Crippen molar-refractivity contribution < 1.29 is 14.3 Å². The number of hydrogen-bond acceptors (Lipinski definition) is 5. The number of nitrogens with zero attached hydrogens (tertiary/aromatic N) is 1. The molecule has 0 aliphatic heterocycles. The van der Waals surface area contributed by atoms with Crippen LogP contribution in [0.3, 0.4) is 0 Å². The fraction of sp³-hybridized carbons (Fsp3) is 0.455. The summed E-state index contributed by atoms with van der Waals surface area (Å²) in [6.45, 7) is 7.71. The van der Waals surface area contributed by atoms with E-state index in [1.54, 1.807) is 7.05 Å². The zero-order valence-electron chi connectivity index (χ0n) is 18.4. The predicted molar refractivity (Wildman–Crippen MR) is 138 cm³/mol. The SMILES string of the molecule is CCOCCOc1cc(C)ccc1CNC(=NC)NCCCNC(=O)c1cccs1.I. The van der Waals surface area contributed by atoms with E-state index in [2.05, 4.69) is 33.1 Å². The molecule has 172 valence electrons. The zero-order valence-corrected chi connectivity index (χ0v) is 21.5. The number of halogens is 1. The molecule has 0 aliphatic carbocycles. The zero-order chi connectivity index (χ0) is 21.6. The number of nitrogens with one attached hydrogen (secondary N) is 3. The van der Waals surface area contributed by atoms with Gasteiger partial charge in [0.05, 0.1) is 11.5 Å². The van der Waals surface area contributed by atoms with Crippen molar-refractivity contribution in [3.63, 3.8) is 0 Å². The number of hydrogen-bond donors (Lipinski definition) is 3. The number of guanidine groups is 1. The standard InChI is InChI=1S/C22H32N4O3S.HI/c1-4-28-12-13-29-19-15-17(2)8-9-18(19)16-26-22(23-3)25-11-6-10-24-21(27)20-7-5-14-30-20;/h5,7-9,14-15H,4,6,10-13,16H2,1-3H3,(H,24,27)(H2,23,25,26);1H. The van der Waals surface area contributed by atoms with Gasteiger partial charge in [0.15, 0.2) is 5.96 Å². The number of benzene rings is 1. The van der Waals surface area contributed by atoms with Crippen molar-refractivity contribution in [1.82, 2.24) is 16.0 Å². The second-order valence-electron chi connectivity index (χ2n) is 6.60. The lowest BCUT2D eigenvalue weighted by Gasteiger charge is -2.15. The van der Waals surface area contributed by atoms with E-state index in [0.29, 0.717) is 45.4 Å². The Bertz CT molecular complexity index is 800. The van der Waals surface area contributed by atoms with Gasteiger partial charge in [0.1, 0.15) is 12.4 Å². The van der Waals surface area contributed by atoms with Crippen LogP contribution < -0.4 is 20.7 Å². The van der Waals surface area contributed by atoms with Crippen LogP contribution in [0.5, 0.6) is 5.75 Å². The molecular formula is C22H33IN4O3S. The average Bonchev–Trinajstić information content (AvgIpc) is 3.29. The minimum atomic E-state index is -0.0243. The monoisotopic (exact) mass is 560 g/mol. The first-order valence-electron chi connectivity index (χ1n) is 10.2. The van der Waals surface area contributed by atoms with Crippen molar-refractivity contribution in [2.45, 2.75) is 26.8 Å². The molecule has 0 saturated heterocycles. The van der Waals surface area contributed by atoms with Crippen LogP contribution in [0.2, 0.25) is 0 Å². The van der Waals surface area contributed by atoms with Crippen LogP contribution in [0.1, 0.15) is 34.1 Å². The third-order valence-electron chi connectivity index (χ3n) is 4.26. The first kappa shape index (κ1) is 27.2. The number of thiophene rings is 1. The lowest BCUT2D eigenvalue weighted by Crippen LogP contribution is -2.38. The summed E-state index contributed by atoms with van der Waals surface area (Å²) in [7, 11) is 1.74. The minimum Gasteiger partial charge on any atom is -0.491 e. The molecule has 0 atom stereocenters. The van der Waals surface area contributed by atoms with E-state index in [4.69, 9.17) is 9.47 Å². The van der Waals surface area contributed by atoms with E-state index in [-0.39, 0.29) is 29.9 Å². The highest BCUT2D eigenvalue weighted by molar-refractivity contribution is 14.0. The van der Waals surface area contributed by atoms with Crippen molar-refractivity contribution >= 4 is 47.2 Å². The molecule has 2 aromatic rings. The van der Waals surface area contributed by atoms with Gasteiger partial charge in [0.2, 0.25) is 0 Å². The Balaban J connectivity index is 0.00000480. The van der Waals surface area contributed by atoms with Crippen molar-refractivity contribution in [2.75, 3.05) is 40.0 Å². The lowest BCUT2D eigenvalue weighted by atomic mass is 10.1. The van der Waals surface area contributed by atoms with E-state index in [9.17, 15) is 4.79 Å². The topological polar surface area (TPSA) is 84.0 Å². The molecular weight excluding hydrogens is 527 g/mol. The Kier molecular flexibility index (Phi) is 13.9. The van der Waals surface area contributed by atoms with Gasteiger partial charge >= 0.3 is 0 Å². The molecule has 3 N–H and O–H groups in total. The number of carbonyl (C=O) groups excluding carboxylic acids is 1. The van der Waals surface area contributed by atoms with Gasteiger partial charge in [-0.2, -0.15) is 0 Å². The predicted octanol–water partition coefficient (Wildman–Crippen LogP) is 3.57. The van der Waals surface area contributed by atoms with Crippen LogP contribution in [-0.4, -0.2) is 51.8 Å². The largest absolute Gasteiger partial charge is 0.491 e. The molecule has 0 bridgehead atoms. The van der Waals surface area contributed by atoms with Crippen LogP contribution >= 0.6 is 35.3 Å². The van der Waals surface area contributed by atoms with Crippen LogP contribution in [0, 0.1) is 6.92 Å². The highest BCUT2D eigenvalue weighted by Crippen LogP contribution is 2.20. The second-order valence-corrected chi connectivity index (χ2v) is 7.54. The Morgan fingerprint density at radius 2 is 1.94 bits per heavy atom. The van der Waals surface area contributed by atoms with E-state index >= 15 is 0 Å². The van der Waals surface area contributed by atoms with Gasteiger partial charge in [-0.05, 0) is 43.3 Å². The molecule has 1 amide bonds. The number of carbonyl (C=O) groups is 1. The fourth-order valence-electron chi connectivity index (χ4n) is 2.69. The van der Waals surface area contributed by atoms with Crippen molar-refractivity contribution in [3.05, 3.63) is 51.7 Å². The molecule has 0 spiro atoms. The van der Waals surface area contributed by atoms with Crippen molar-refractivity contribution in [2.24, 2.45) is 4.99 Å². The molecule has 0 unspecified atom stereocenters. The summed E-state index contributed by atoms with van der Waals surface area (Å²) in [4.78, 5) is 16.9. The van der Waals surface area contributed by atoms with E-state index in [1.165, 1.54) is 11.3 Å². The third kappa shape index (κ3) is 10.3. The van der Waals surface area contributed by atoms with Gasteiger partial charge in [-0.1, -0.05) is 18.2 Å². The lowest BCUT2D eigenvalue weighted by molar-refractivity contribution is 0.0957. The summed E-state index contributed by atoms with van der Waals surface area (Å²) in [5.74, 6) is 1.54. The molecule has 0 radical (unpaired) electrons. The van der Waals surface area contributed by atoms with Gasteiger partial charge < -0.3 is 25.4 Å². The molecule has 0 fully saturated rings. The summed E-state index contributed by atoms with van der Waals surface area (Å²) >= 11 is 1.44. The van der Waals surface area contributed by atoms with Gasteiger partial charge in [0, 0.05) is 38.9 Å². The van der Waals surface area contributed by atoms with E-state index in [1.807, 2.05) is 37.4 Å². The van der Waals surface area contributed by atoms with E-state index < -0.39 is 0 Å². The molecule has 0 aliphatic rings. The van der Waals surface area contributed by atoms with Crippen LogP contribution in [0.25, 0.3) is 0 Å². The van der Waals surface area contributed by atoms with Crippen LogP contribution in [-0.2, 0) is 11.3 Å². The molecule has 1 aromatic heterocycles. The number of aryl methyl sites for hydroxylation is 1. The Morgan fingerprint density at radius 3 is 2.65 bits per heavy atom. The number of ether oxygens (including phenoxy) is 2. The third-order valence-corrected chi connectivity index (χ3v) is 5.13. The fourth-order valence-corrected chi connectivity index (χ4v) is 3.33. The number of aliphatic imine (C=N–C) groups is 1. The molecule has 31 heavy (non-hydrogen) atoms. The first-order valence-corrected chi connectivity index (χ1v) is 11.1. The highest BCUT2D eigenvalue weighted by atomic mass is 127. The maximum absolute atomic E-state index is 11.9. The van der Waals surface area contributed by atoms with Gasteiger partial charge in [-0.25, -0.2) is 0 Å². The van der Waals surface area contributed by atoms with Crippen LogP contribution in [0.15, 0.2) is 40.7 Å². The second kappa shape index (κ2) is 15.9. The molecule has 2 rings (SSSR count). The minimum absolute atomic E-state index is 0. The van der Waals surface area contributed by atoms with Gasteiger partial charge in [0.25, 0.3) is 5.91 Å². The normalized spacial score (nSPS) is 10.9. The number of amides is 1. The number of rotatable bonds is 12. The van der Waals surface area contributed by atoms with Crippen LogP contribution in [0.4, 0.5) is 0 Å². The molecule has 0 saturated carbocycles. The molecule has 1 heterocycles. The van der Waals surface area contributed by atoms with Gasteiger partial charge in [-0.15, -0.1) is 35.3 Å². The Morgan fingerprint density at radius 1 is 1.13 bits per heavy atom. The molecule has 9 heteroatoms. The maximum Gasteiger partial charge on any atom is 0.261 e. The smallest absolute Gasteiger partial charge is 0.261 e. The van der Waals surface area contributed by atoms with Gasteiger partial charge in [-0.3, -0.25) is 9.79 Å². The Hall–Kier alpha value is -1.85. The quantitative estimate of drug-likeness (QED) is 0.160. The molecule has 1 aromatic carbocycles. The first-order chi connectivity index (χ1) is 14.6. The summed E-state index contributed by atoms with van der Waals surface area (Å²) in [6, 6.07) is 9.87. The van der Waals surface area contributed by atoms with Crippen molar-refractivity contribution in [1.29, 1.82) is 0 Å². The molecule has 7 nitrogen and oxygen atoms in total.